The average Bonchev–Trinajstić information content (AvgIpc) is 2.88. The summed E-state index contributed by atoms with van der Waals surface area (Å²) in [6, 6.07) is 7.54. The van der Waals surface area contributed by atoms with E-state index in [-0.39, 0.29) is 35.8 Å². The molecule has 154 valence electrons. The van der Waals surface area contributed by atoms with E-state index >= 15 is 0 Å². The highest BCUT2D eigenvalue weighted by molar-refractivity contribution is 14.0. The molecule has 0 unspecified atom stereocenters. The number of rotatable bonds is 6. The second kappa shape index (κ2) is 10.1. The first kappa shape index (κ1) is 24.2. The topological polar surface area (TPSA) is 73.8 Å². The molecule has 0 atom stereocenters. The maximum Gasteiger partial charge on any atom is 0.216 e. The number of likely N-dealkylation sites (tertiary alicyclic amines) is 1. The number of nitrogens with one attached hydrogen (secondary N) is 2. The first-order valence-electron chi connectivity index (χ1n) is 9.14. The van der Waals surface area contributed by atoms with Crippen LogP contribution in [0.3, 0.4) is 0 Å². The van der Waals surface area contributed by atoms with E-state index in [4.69, 9.17) is 0 Å². The van der Waals surface area contributed by atoms with Crippen LogP contribution in [0.15, 0.2) is 29.3 Å². The van der Waals surface area contributed by atoms with Gasteiger partial charge in [-0.15, -0.1) is 24.0 Å². The lowest BCUT2D eigenvalue weighted by atomic mass is 9.93. The minimum Gasteiger partial charge on any atom is -0.352 e. The lowest BCUT2D eigenvalue weighted by molar-refractivity contribution is 0.370. The SMILES string of the molecule is CN=C(NCc1ccccc1CS(=O)(=O)NC(C)C)N1CCC(C)(C)C1.I. The third kappa shape index (κ3) is 7.57. The lowest BCUT2D eigenvalue weighted by Gasteiger charge is -2.24. The van der Waals surface area contributed by atoms with Gasteiger partial charge in [-0.3, -0.25) is 4.99 Å². The summed E-state index contributed by atoms with van der Waals surface area (Å²) in [4.78, 5) is 6.66. The quantitative estimate of drug-likeness (QED) is 0.352. The summed E-state index contributed by atoms with van der Waals surface area (Å²) in [5, 5.41) is 3.39. The van der Waals surface area contributed by atoms with Crippen LogP contribution in [0.5, 0.6) is 0 Å². The van der Waals surface area contributed by atoms with Crippen molar-refractivity contribution in [2.75, 3.05) is 20.1 Å². The van der Waals surface area contributed by atoms with Gasteiger partial charge in [0, 0.05) is 32.7 Å². The third-order valence-electron chi connectivity index (χ3n) is 4.50. The number of hydrogen-bond acceptors (Lipinski definition) is 3. The van der Waals surface area contributed by atoms with E-state index in [2.05, 4.69) is 33.8 Å². The predicted molar refractivity (Wildman–Crippen MR) is 123 cm³/mol. The molecule has 1 saturated heterocycles. The average molecular weight is 508 g/mol. The number of halogens is 1. The van der Waals surface area contributed by atoms with Gasteiger partial charge in [0.05, 0.1) is 5.75 Å². The van der Waals surface area contributed by atoms with Crippen molar-refractivity contribution >= 4 is 40.0 Å². The fraction of sp³-hybridized carbons (Fsp3) is 0.632. The fourth-order valence-corrected chi connectivity index (χ4v) is 4.77. The van der Waals surface area contributed by atoms with Gasteiger partial charge in [-0.25, -0.2) is 13.1 Å². The van der Waals surface area contributed by atoms with Crippen LogP contribution in [-0.4, -0.2) is 45.5 Å². The molecular formula is C19H33IN4O2S. The molecule has 1 aromatic rings. The molecule has 8 heteroatoms. The number of guanidine groups is 1. The summed E-state index contributed by atoms with van der Waals surface area (Å²) in [6.45, 7) is 10.7. The largest absolute Gasteiger partial charge is 0.352 e. The van der Waals surface area contributed by atoms with Gasteiger partial charge in [-0.1, -0.05) is 38.1 Å². The van der Waals surface area contributed by atoms with E-state index in [0.29, 0.717) is 12.0 Å². The van der Waals surface area contributed by atoms with Gasteiger partial charge in [0.2, 0.25) is 10.0 Å². The molecule has 0 saturated carbocycles. The Morgan fingerprint density at radius 3 is 2.41 bits per heavy atom. The van der Waals surface area contributed by atoms with Crippen molar-refractivity contribution in [2.24, 2.45) is 10.4 Å². The van der Waals surface area contributed by atoms with E-state index in [1.807, 2.05) is 38.1 Å². The van der Waals surface area contributed by atoms with Gasteiger partial charge >= 0.3 is 0 Å². The molecule has 0 spiro atoms. The van der Waals surface area contributed by atoms with Gasteiger partial charge in [-0.05, 0) is 36.8 Å². The van der Waals surface area contributed by atoms with Crippen LogP contribution >= 0.6 is 24.0 Å². The van der Waals surface area contributed by atoms with Gasteiger partial charge in [-0.2, -0.15) is 0 Å². The van der Waals surface area contributed by atoms with Gasteiger partial charge in [0.15, 0.2) is 5.96 Å². The second-order valence-electron chi connectivity index (χ2n) is 8.04. The Morgan fingerprint density at radius 2 is 1.89 bits per heavy atom. The van der Waals surface area contributed by atoms with Crippen LogP contribution in [-0.2, 0) is 22.3 Å². The van der Waals surface area contributed by atoms with Crippen molar-refractivity contribution < 1.29 is 8.42 Å². The Labute approximate surface area is 181 Å². The van der Waals surface area contributed by atoms with Gasteiger partial charge < -0.3 is 10.2 Å². The first-order chi connectivity index (χ1) is 12.1. The number of benzene rings is 1. The fourth-order valence-electron chi connectivity index (χ4n) is 3.28. The molecule has 0 aromatic heterocycles. The number of nitrogens with zero attached hydrogens (tertiary/aromatic N) is 2. The molecule has 0 bridgehead atoms. The van der Waals surface area contributed by atoms with E-state index < -0.39 is 10.0 Å². The number of hydrogen-bond donors (Lipinski definition) is 2. The van der Waals surface area contributed by atoms with Gasteiger partial charge in [0.1, 0.15) is 0 Å². The minimum atomic E-state index is -3.35. The summed E-state index contributed by atoms with van der Waals surface area (Å²) in [5.41, 5.74) is 2.08. The van der Waals surface area contributed by atoms with E-state index in [1.165, 1.54) is 0 Å². The molecule has 0 aliphatic carbocycles. The van der Waals surface area contributed by atoms with Crippen LogP contribution in [0, 0.1) is 5.41 Å². The predicted octanol–water partition coefficient (Wildman–Crippen LogP) is 2.94. The van der Waals surface area contributed by atoms with Crippen LogP contribution in [0.4, 0.5) is 0 Å². The minimum absolute atomic E-state index is 0. The summed E-state index contributed by atoms with van der Waals surface area (Å²) in [6.07, 6.45) is 1.14. The first-order valence-corrected chi connectivity index (χ1v) is 10.8. The van der Waals surface area contributed by atoms with Crippen LogP contribution in [0.1, 0.15) is 45.2 Å². The smallest absolute Gasteiger partial charge is 0.216 e. The molecule has 27 heavy (non-hydrogen) atoms. The summed E-state index contributed by atoms with van der Waals surface area (Å²) in [5.74, 6) is 0.854. The molecule has 1 aromatic carbocycles. The van der Waals surface area contributed by atoms with E-state index in [1.54, 1.807) is 7.05 Å². The highest BCUT2D eigenvalue weighted by atomic mass is 127. The second-order valence-corrected chi connectivity index (χ2v) is 9.79. The molecular weight excluding hydrogens is 475 g/mol. The van der Waals surface area contributed by atoms with Crippen molar-refractivity contribution in [1.29, 1.82) is 0 Å². The van der Waals surface area contributed by atoms with Gasteiger partial charge in [0.25, 0.3) is 0 Å². The summed E-state index contributed by atoms with van der Waals surface area (Å²) in [7, 11) is -1.56. The molecule has 6 nitrogen and oxygen atoms in total. The maximum atomic E-state index is 12.3. The molecule has 0 amide bonds. The highest BCUT2D eigenvalue weighted by Gasteiger charge is 2.30. The van der Waals surface area contributed by atoms with Crippen molar-refractivity contribution in [3.05, 3.63) is 35.4 Å². The lowest BCUT2D eigenvalue weighted by Crippen LogP contribution is -2.40. The highest BCUT2D eigenvalue weighted by Crippen LogP contribution is 2.28. The van der Waals surface area contributed by atoms with Crippen molar-refractivity contribution in [2.45, 2.75) is 52.5 Å². The Hall–Kier alpha value is -0.870. The zero-order chi connectivity index (χ0) is 19.4. The number of aliphatic imine (C=N–C) groups is 1. The summed E-state index contributed by atoms with van der Waals surface area (Å²) >= 11 is 0. The Bertz CT molecular complexity index is 748. The molecule has 0 radical (unpaired) electrons. The maximum absolute atomic E-state index is 12.3. The Morgan fingerprint density at radius 1 is 1.26 bits per heavy atom. The summed E-state index contributed by atoms with van der Waals surface area (Å²) < 4.78 is 27.2. The molecule has 2 N–H and O–H groups in total. The Balaban J connectivity index is 0.00000364. The molecule has 1 heterocycles. The normalized spacial score (nSPS) is 17.1. The Kier molecular flexibility index (Phi) is 9.01. The van der Waals surface area contributed by atoms with Crippen LogP contribution in [0.25, 0.3) is 0 Å². The number of sulfonamides is 1. The van der Waals surface area contributed by atoms with Crippen molar-refractivity contribution in [3.63, 3.8) is 0 Å². The molecule has 1 aliphatic rings. The van der Waals surface area contributed by atoms with Crippen LogP contribution < -0.4 is 10.0 Å². The molecule has 1 aliphatic heterocycles. The zero-order valence-corrected chi connectivity index (χ0v) is 20.1. The van der Waals surface area contributed by atoms with Crippen molar-refractivity contribution in [1.82, 2.24) is 14.9 Å². The van der Waals surface area contributed by atoms with Crippen LogP contribution in [0.2, 0.25) is 0 Å². The third-order valence-corrected chi connectivity index (χ3v) is 6.03. The zero-order valence-electron chi connectivity index (χ0n) is 16.9. The standard InChI is InChI=1S/C19H32N4O2S.HI/c1-15(2)22-26(24,25)13-17-9-7-6-8-16(17)12-21-18(20-5)23-11-10-19(3,4)14-23;/h6-9,15,22H,10-14H2,1-5H3,(H,20,21);1H. The monoisotopic (exact) mass is 508 g/mol. The van der Waals surface area contributed by atoms with Crippen molar-refractivity contribution in [3.8, 4) is 0 Å². The van der Waals surface area contributed by atoms with E-state index in [0.717, 1.165) is 36.6 Å². The molecule has 1 fully saturated rings. The van der Waals surface area contributed by atoms with E-state index in [9.17, 15) is 8.42 Å². The molecule has 2 rings (SSSR count).